The molecule has 0 bridgehead atoms. The molecule has 17 heavy (non-hydrogen) atoms. The lowest BCUT2D eigenvalue weighted by atomic mass is 10.0. The highest BCUT2D eigenvalue weighted by Crippen LogP contribution is 2.17. The molecule has 0 spiro atoms. The van der Waals surface area contributed by atoms with Crippen LogP contribution in [-0.2, 0) is 0 Å². The van der Waals surface area contributed by atoms with Crippen LogP contribution in [0.25, 0.3) is 0 Å². The smallest absolute Gasteiger partial charge is 0.139 e. The fourth-order valence-electron chi connectivity index (χ4n) is 1.81. The van der Waals surface area contributed by atoms with Crippen molar-refractivity contribution in [3.8, 4) is 5.75 Å². The number of benzene rings is 1. The lowest BCUT2D eigenvalue weighted by molar-refractivity contribution is -0.0288. The first-order valence-electron chi connectivity index (χ1n) is 5.49. The van der Waals surface area contributed by atoms with Gasteiger partial charge < -0.3 is 4.74 Å². The third kappa shape index (κ3) is 2.29. The van der Waals surface area contributed by atoms with Crippen LogP contribution in [0.1, 0.15) is 18.9 Å². The van der Waals surface area contributed by atoms with E-state index in [4.69, 9.17) is 4.74 Å². The standard InChI is InChI=1S/C12H15N3O2/c1-3-11-12(14-13-8-15(11)16)9-4-6-10(17-2)7-5-9/h4-8,11,16H,3H2,1-2H3. The number of rotatable bonds is 3. The molecule has 0 saturated carbocycles. The first-order chi connectivity index (χ1) is 8.26. The number of methoxy groups -OCH3 is 1. The van der Waals surface area contributed by atoms with Gasteiger partial charge in [-0.25, -0.2) is 5.06 Å². The number of hydrogen-bond donors (Lipinski definition) is 1. The maximum absolute atomic E-state index is 9.68. The van der Waals surface area contributed by atoms with Gasteiger partial charge in [0.05, 0.1) is 12.8 Å². The van der Waals surface area contributed by atoms with Crippen LogP contribution in [0.15, 0.2) is 34.5 Å². The van der Waals surface area contributed by atoms with E-state index in [9.17, 15) is 5.21 Å². The highest BCUT2D eigenvalue weighted by atomic mass is 16.5. The quantitative estimate of drug-likeness (QED) is 0.867. The van der Waals surface area contributed by atoms with Crippen molar-refractivity contribution in [2.45, 2.75) is 19.4 Å². The summed E-state index contributed by atoms with van der Waals surface area (Å²) >= 11 is 0. The number of nitrogens with zero attached hydrogens (tertiary/aromatic N) is 3. The zero-order valence-corrected chi connectivity index (χ0v) is 9.87. The first kappa shape index (κ1) is 11.6. The average Bonchev–Trinajstić information content (AvgIpc) is 2.38. The molecule has 5 heteroatoms. The summed E-state index contributed by atoms with van der Waals surface area (Å²) in [6, 6.07) is 7.40. The van der Waals surface area contributed by atoms with E-state index in [1.165, 1.54) is 6.34 Å². The summed E-state index contributed by atoms with van der Waals surface area (Å²) in [7, 11) is 1.63. The Hall–Kier alpha value is -1.88. The first-order valence-corrected chi connectivity index (χ1v) is 5.49. The molecule has 5 nitrogen and oxygen atoms in total. The second-order valence-corrected chi connectivity index (χ2v) is 3.75. The largest absolute Gasteiger partial charge is 0.497 e. The van der Waals surface area contributed by atoms with E-state index in [2.05, 4.69) is 10.2 Å². The Kier molecular flexibility index (Phi) is 3.39. The van der Waals surface area contributed by atoms with Crippen LogP contribution in [0, 0.1) is 0 Å². The van der Waals surface area contributed by atoms with Gasteiger partial charge in [0.1, 0.15) is 18.1 Å². The number of hydroxylamine groups is 2. The lowest BCUT2D eigenvalue weighted by Gasteiger charge is -2.26. The Morgan fingerprint density at radius 3 is 2.65 bits per heavy atom. The second-order valence-electron chi connectivity index (χ2n) is 3.75. The highest BCUT2D eigenvalue weighted by Gasteiger charge is 2.23. The Balaban J connectivity index is 2.31. The zero-order chi connectivity index (χ0) is 12.3. The van der Waals surface area contributed by atoms with Crippen LogP contribution in [-0.4, -0.2) is 35.5 Å². The maximum atomic E-state index is 9.68. The summed E-state index contributed by atoms with van der Waals surface area (Å²) in [5.41, 5.74) is 1.70. The van der Waals surface area contributed by atoms with Crippen LogP contribution in [0.5, 0.6) is 5.75 Å². The van der Waals surface area contributed by atoms with Gasteiger partial charge in [-0.3, -0.25) is 5.21 Å². The minimum atomic E-state index is -0.152. The molecule has 0 radical (unpaired) electrons. The fourth-order valence-corrected chi connectivity index (χ4v) is 1.81. The van der Waals surface area contributed by atoms with Crippen LogP contribution in [0.2, 0.25) is 0 Å². The van der Waals surface area contributed by atoms with Crippen molar-refractivity contribution >= 4 is 12.1 Å². The number of ether oxygens (including phenoxy) is 1. The van der Waals surface area contributed by atoms with Crippen molar-refractivity contribution in [1.29, 1.82) is 0 Å². The van der Waals surface area contributed by atoms with Gasteiger partial charge >= 0.3 is 0 Å². The minimum absolute atomic E-state index is 0.152. The van der Waals surface area contributed by atoms with E-state index in [-0.39, 0.29) is 6.04 Å². The van der Waals surface area contributed by atoms with Crippen LogP contribution in [0.4, 0.5) is 0 Å². The molecule has 90 valence electrons. The molecular weight excluding hydrogens is 218 g/mol. The summed E-state index contributed by atoms with van der Waals surface area (Å²) in [4.78, 5) is 0. The number of hydrogen-bond acceptors (Lipinski definition) is 5. The molecule has 1 aromatic rings. The van der Waals surface area contributed by atoms with Gasteiger partial charge in [-0.05, 0) is 30.7 Å². The van der Waals surface area contributed by atoms with E-state index in [0.717, 1.165) is 28.5 Å². The Morgan fingerprint density at radius 1 is 1.35 bits per heavy atom. The predicted molar refractivity (Wildman–Crippen MR) is 65.7 cm³/mol. The van der Waals surface area contributed by atoms with Crippen molar-refractivity contribution in [3.05, 3.63) is 29.8 Å². The van der Waals surface area contributed by atoms with E-state index < -0.39 is 0 Å². The van der Waals surface area contributed by atoms with Gasteiger partial charge in [0.25, 0.3) is 0 Å². The van der Waals surface area contributed by atoms with E-state index in [1.807, 2.05) is 31.2 Å². The molecule has 0 aromatic heterocycles. The van der Waals surface area contributed by atoms with Crippen LogP contribution >= 0.6 is 0 Å². The molecule has 1 N–H and O–H groups in total. The molecule has 0 saturated heterocycles. The lowest BCUT2D eigenvalue weighted by Crippen LogP contribution is -2.40. The molecule has 0 fully saturated rings. The van der Waals surface area contributed by atoms with Crippen molar-refractivity contribution in [2.24, 2.45) is 10.2 Å². The third-order valence-corrected chi connectivity index (χ3v) is 2.74. The van der Waals surface area contributed by atoms with Gasteiger partial charge in [0.2, 0.25) is 0 Å². The SMILES string of the molecule is CCC1C(c2ccc(OC)cc2)=NN=CN1O. The Labute approximate surface area is 100.0 Å². The normalized spacial score (nSPS) is 19.1. The summed E-state index contributed by atoms with van der Waals surface area (Å²) in [5, 5.41) is 18.6. The monoisotopic (exact) mass is 233 g/mol. The predicted octanol–water partition coefficient (Wildman–Crippen LogP) is 1.91. The van der Waals surface area contributed by atoms with Gasteiger partial charge in [0.15, 0.2) is 0 Å². The van der Waals surface area contributed by atoms with Gasteiger partial charge in [-0.1, -0.05) is 6.92 Å². The molecule has 1 aromatic carbocycles. The molecule has 1 atom stereocenters. The summed E-state index contributed by atoms with van der Waals surface area (Å²) in [6.07, 6.45) is 2.08. The maximum Gasteiger partial charge on any atom is 0.139 e. The van der Waals surface area contributed by atoms with E-state index in [1.54, 1.807) is 7.11 Å². The molecule has 0 aliphatic carbocycles. The molecule has 1 heterocycles. The minimum Gasteiger partial charge on any atom is -0.497 e. The van der Waals surface area contributed by atoms with Crippen LogP contribution < -0.4 is 4.74 Å². The summed E-state index contributed by atoms with van der Waals surface area (Å²) in [6.45, 7) is 1.99. The fraction of sp³-hybridized carbons (Fsp3) is 0.333. The van der Waals surface area contributed by atoms with Crippen molar-refractivity contribution < 1.29 is 9.94 Å². The Bertz CT molecular complexity index is 440. The molecule has 1 aliphatic heterocycles. The van der Waals surface area contributed by atoms with Gasteiger partial charge in [-0.15, -0.1) is 5.10 Å². The topological polar surface area (TPSA) is 57.4 Å². The average molecular weight is 233 g/mol. The van der Waals surface area contributed by atoms with Crippen molar-refractivity contribution in [3.63, 3.8) is 0 Å². The highest BCUT2D eigenvalue weighted by molar-refractivity contribution is 6.05. The molecule has 1 aliphatic rings. The molecule has 0 amide bonds. The van der Waals surface area contributed by atoms with E-state index >= 15 is 0 Å². The second kappa shape index (κ2) is 4.97. The van der Waals surface area contributed by atoms with Crippen LogP contribution in [0.3, 0.4) is 0 Å². The Morgan fingerprint density at radius 2 is 2.06 bits per heavy atom. The molecule has 2 rings (SSSR count). The van der Waals surface area contributed by atoms with Gasteiger partial charge in [-0.2, -0.15) is 5.10 Å². The zero-order valence-electron chi connectivity index (χ0n) is 9.87. The van der Waals surface area contributed by atoms with Gasteiger partial charge in [0, 0.05) is 5.56 Å². The van der Waals surface area contributed by atoms with E-state index in [0.29, 0.717) is 0 Å². The summed E-state index contributed by atoms with van der Waals surface area (Å²) < 4.78 is 5.10. The third-order valence-electron chi connectivity index (χ3n) is 2.74. The summed E-state index contributed by atoms with van der Waals surface area (Å²) in [5.74, 6) is 0.794. The molecular formula is C12H15N3O2. The molecule has 1 unspecified atom stereocenters. The van der Waals surface area contributed by atoms with Crippen molar-refractivity contribution in [2.75, 3.05) is 7.11 Å². The van der Waals surface area contributed by atoms with Crippen molar-refractivity contribution in [1.82, 2.24) is 5.06 Å².